The maximum Gasteiger partial charge on any atom is 0.272 e. The van der Waals surface area contributed by atoms with Crippen molar-refractivity contribution in [3.05, 3.63) is 91.1 Å². The van der Waals surface area contributed by atoms with Crippen LogP contribution in [0, 0.1) is 0 Å². The number of aromatic nitrogens is 2. The smallest absolute Gasteiger partial charge is 0.272 e. The molecule has 0 amide bonds. The molecule has 0 saturated heterocycles. The first kappa shape index (κ1) is 19.2. The Balaban J connectivity index is 1.94. The predicted octanol–water partition coefficient (Wildman–Crippen LogP) is 1.52. The van der Waals surface area contributed by atoms with Crippen LogP contribution < -0.4 is 31.3 Å². The van der Waals surface area contributed by atoms with Crippen LogP contribution in [0.15, 0.2) is 58.1 Å². The highest BCUT2D eigenvalue weighted by atomic mass is 16.5. The van der Waals surface area contributed by atoms with E-state index in [1.165, 1.54) is 0 Å². The highest BCUT2D eigenvalue weighted by Crippen LogP contribution is 2.12. The Morgan fingerprint density at radius 2 is 1.04 bits per heavy atom. The van der Waals surface area contributed by atoms with Crippen LogP contribution in [0.3, 0.4) is 0 Å². The summed E-state index contributed by atoms with van der Waals surface area (Å²) in [6.07, 6.45) is 3.24. The van der Waals surface area contributed by atoms with Crippen molar-refractivity contribution in [2.24, 2.45) is 0 Å². The van der Waals surface area contributed by atoms with Crippen LogP contribution in [0.2, 0.25) is 0 Å². The molecule has 0 atom stereocenters. The van der Waals surface area contributed by atoms with Gasteiger partial charge in [0.2, 0.25) is 0 Å². The van der Waals surface area contributed by atoms with Gasteiger partial charge in [0.05, 0.1) is 13.2 Å². The second kappa shape index (κ2) is 8.90. The van der Waals surface area contributed by atoms with Gasteiger partial charge in [-0.15, -0.1) is 0 Å². The van der Waals surface area contributed by atoms with Crippen LogP contribution in [-0.4, -0.2) is 23.2 Å². The Bertz CT molecular complexity index is 1060. The molecule has 0 saturated carbocycles. The third-order valence-electron chi connectivity index (χ3n) is 3.99. The minimum absolute atomic E-state index is 0.193. The summed E-state index contributed by atoms with van der Waals surface area (Å²) in [6.45, 7) is 5.00. The van der Waals surface area contributed by atoms with Crippen molar-refractivity contribution < 1.29 is 9.47 Å². The molecule has 1 aromatic heterocycles. The molecule has 0 radical (unpaired) electrons. The number of hydrogen-bond acceptors (Lipinski definition) is 4. The van der Waals surface area contributed by atoms with Gasteiger partial charge in [-0.2, -0.15) is 0 Å². The first-order chi connectivity index (χ1) is 13.6. The third-order valence-corrected chi connectivity index (χ3v) is 3.99. The van der Waals surface area contributed by atoms with Gasteiger partial charge in [-0.1, -0.05) is 24.3 Å². The average molecular weight is 378 g/mol. The van der Waals surface area contributed by atoms with Crippen LogP contribution in [0.1, 0.15) is 25.0 Å². The molecule has 0 aliphatic carbocycles. The number of ether oxygens (including phenoxy) is 2. The summed E-state index contributed by atoms with van der Waals surface area (Å²) in [5.74, 6) is 1.50. The summed E-state index contributed by atoms with van der Waals surface area (Å²) in [5, 5.41) is 0.385. The molecule has 28 heavy (non-hydrogen) atoms. The zero-order chi connectivity index (χ0) is 19.9. The fraction of sp³-hybridized carbons (Fsp3) is 0.182. The summed E-state index contributed by atoms with van der Waals surface area (Å²) in [7, 11) is 0. The number of aromatic amines is 2. The molecule has 3 rings (SSSR count). The van der Waals surface area contributed by atoms with E-state index in [0.717, 1.165) is 22.6 Å². The van der Waals surface area contributed by atoms with Crippen molar-refractivity contribution in [1.29, 1.82) is 0 Å². The highest BCUT2D eigenvalue weighted by molar-refractivity contribution is 5.51. The Morgan fingerprint density at radius 1 is 0.679 bits per heavy atom. The molecular formula is C22H22N2O4. The summed E-state index contributed by atoms with van der Waals surface area (Å²) in [6, 6.07) is 14.5. The molecular weight excluding hydrogens is 356 g/mol. The molecule has 0 aliphatic heterocycles. The predicted molar refractivity (Wildman–Crippen MR) is 109 cm³/mol. The van der Waals surface area contributed by atoms with E-state index in [1.807, 2.05) is 62.4 Å². The van der Waals surface area contributed by atoms with Gasteiger partial charge in [0.25, 0.3) is 11.1 Å². The molecule has 3 aromatic rings. The van der Waals surface area contributed by atoms with E-state index >= 15 is 0 Å². The first-order valence-electron chi connectivity index (χ1n) is 9.11. The van der Waals surface area contributed by atoms with E-state index < -0.39 is 0 Å². The van der Waals surface area contributed by atoms with Crippen LogP contribution in [0.25, 0.3) is 12.2 Å². The first-order valence-corrected chi connectivity index (χ1v) is 9.11. The lowest BCUT2D eigenvalue weighted by Gasteiger charge is -2.02. The molecule has 144 valence electrons. The highest BCUT2D eigenvalue weighted by Gasteiger charge is 1.99. The van der Waals surface area contributed by atoms with Gasteiger partial charge in [-0.3, -0.25) is 9.59 Å². The topological polar surface area (TPSA) is 84.2 Å². The number of nitrogens with one attached hydrogen (secondary N) is 2. The largest absolute Gasteiger partial charge is 0.494 e. The lowest BCUT2D eigenvalue weighted by atomic mass is 10.2. The summed E-state index contributed by atoms with van der Waals surface area (Å²) in [5.41, 5.74) is 0.831. The Labute approximate surface area is 161 Å². The van der Waals surface area contributed by atoms with Crippen molar-refractivity contribution in [1.82, 2.24) is 9.97 Å². The van der Waals surface area contributed by atoms with E-state index in [-0.39, 0.29) is 21.8 Å². The standard InChI is InChI=1S/C22H22N2O4/c1-3-27-17-9-5-15(6-10-17)13-19-21(25)24-20(22(26)23-19)14-16-7-11-18(12-8-16)28-4-2/h5-14H,3-4H2,1-2H3,(H,23,26)(H,24,25)/b19-13-,20-14+. The SMILES string of the molecule is CCOc1ccc(/C=c2\[nH]c(=O)/c(=C\c3ccc(OCC)cc3)[nH]c2=O)cc1. The quantitative estimate of drug-likeness (QED) is 0.681. The summed E-state index contributed by atoms with van der Waals surface area (Å²) >= 11 is 0. The lowest BCUT2D eigenvalue weighted by Crippen LogP contribution is -2.46. The Morgan fingerprint density at radius 3 is 1.36 bits per heavy atom. The van der Waals surface area contributed by atoms with Gasteiger partial charge in [0.1, 0.15) is 22.2 Å². The molecule has 0 aliphatic rings. The van der Waals surface area contributed by atoms with Crippen molar-refractivity contribution in [2.75, 3.05) is 13.2 Å². The van der Waals surface area contributed by atoms with E-state index in [2.05, 4.69) is 9.97 Å². The van der Waals surface area contributed by atoms with Crippen LogP contribution in [-0.2, 0) is 0 Å². The molecule has 6 heteroatoms. The number of benzene rings is 2. The second-order valence-electron chi connectivity index (χ2n) is 6.03. The third kappa shape index (κ3) is 4.79. The fourth-order valence-electron chi connectivity index (χ4n) is 2.68. The Kier molecular flexibility index (Phi) is 6.11. The van der Waals surface area contributed by atoms with Crippen molar-refractivity contribution in [2.45, 2.75) is 13.8 Å². The van der Waals surface area contributed by atoms with Crippen molar-refractivity contribution >= 4 is 12.2 Å². The van der Waals surface area contributed by atoms with Crippen molar-refractivity contribution in [3.8, 4) is 11.5 Å². The number of hydrogen-bond donors (Lipinski definition) is 2. The summed E-state index contributed by atoms with van der Waals surface area (Å²) < 4.78 is 10.8. The normalized spacial score (nSPS) is 12.2. The molecule has 2 N–H and O–H groups in total. The lowest BCUT2D eigenvalue weighted by molar-refractivity contribution is 0.340. The van der Waals surface area contributed by atoms with Crippen LogP contribution >= 0.6 is 0 Å². The van der Waals surface area contributed by atoms with Gasteiger partial charge >= 0.3 is 0 Å². The van der Waals surface area contributed by atoms with E-state index in [4.69, 9.17) is 9.47 Å². The van der Waals surface area contributed by atoms with Gasteiger partial charge < -0.3 is 19.4 Å². The molecule has 1 heterocycles. The Hall–Kier alpha value is -3.54. The average Bonchev–Trinajstić information content (AvgIpc) is 2.69. The van der Waals surface area contributed by atoms with E-state index in [1.54, 1.807) is 12.2 Å². The van der Waals surface area contributed by atoms with Gasteiger partial charge in [0.15, 0.2) is 0 Å². The zero-order valence-corrected chi connectivity index (χ0v) is 15.8. The monoisotopic (exact) mass is 378 g/mol. The second-order valence-corrected chi connectivity index (χ2v) is 6.03. The van der Waals surface area contributed by atoms with Gasteiger partial charge in [-0.25, -0.2) is 0 Å². The van der Waals surface area contributed by atoms with Gasteiger partial charge in [0, 0.05) is 0 Å². The number of rotatable bonds is 6. The maximum absolute atomic E-state index is 12.4. The maximum atomic E-state index is 12.4. The molecule has 0 spiro atoms. The van der Waals surface area contributed by atoms with Gasteiger partial charge in [-0.05, 0) is 61.4 Å². The van der Waals surface area contributed by atoms with Crippen molar-refractivity contribution in [3.63, 3.8) is 0 Å². The molecule has 0 unspecified atom stereocenters. The number of H-pyrrole nitrogens is 2. The van der Waals surface area contributed by atoms with E-state index in [9.17, 15) is 9.59 Å². The molecule has 0 fully saturated rings. The molecule has 0 bridgehead atoms. The molecule has 2 aromatic carbocycles. The zero-order valence-electron chi connectivity index (χ0n) is 15.8. The minimum Gasteiger partial charge on any atom is -0.494 e. The van der Waals surface area contributed by atoms with Crippen LogP contribution in [0.4, 0.5) is 0 Å². The van der Waals surface area contributed by atoms with Crippen LogP contribution in [0.5, 0.6) is 11.5 Å². The fourth-order valence-corrected chi connectivity index (χ4v) is 2.68. The molecule has 6 nitrogen and oxygen atoms in total. The summed E-state index contributed by atoms with van der Waals surface area (Å²) in [4.78, 5) is 30.0. The van der Waals surface area contributed by atoms with E-state index in [0.29, 0.717) is 13.2 Å². The minimum atomic E-state index is -0.370.